The number of nitrogens with one attached hydrogen (secondary N) is 1. The predicted molar refractivity (Wildman–Crippen MR) is 87.8 cm³/mol. The van der Waals surface area contributed by atoms with Crippen LogP contribution in [0, 0.1) is 6.92 Å². The molecular formula is C18H17NO6. The van der Waals surface area contributed by atoms with E-state index in [9.17, 15) is 14.4 Å². The Kier molecular flexibility index (Phi) is 4.56. The van der Waals surface area contributed by atoms with Crippen LogP contribution in [-0.4, -0.2) is 30.6 Å². The SMILES string of the molecule is COC(=O)COc1ccccc1C1CC(=O)Oc2cc(C)[nH]c(=O)c21. The van der Waals surface area contributed by atoms with E-state index in [2.05, 4.69) is 9.72 Å². The summed E-state index contributed by atoms with van der Waals surface area (Å²) in [4.78, 5) is 38.5. The van der Waals surface area contributed by atoms with E-state index in [-0.39, 0.29) is 24.3 Å². The average molecular weight is 343 g/mol. The van der Waals surface area contributed by atoms with Crippen molar-refractivity contribution in [2.75, 3.05) is 13.7 Å². The van der Waals surface area contributed by atoms with Crippen LogP contribution in [-0.2, 0) is 14.3 Å². The molecule has 0 bridgehead atoms. The number of hydrogen-bond donors (Lipinski definition) is 1. The van der Waals surface area contributed by atoms with E-state index in [1.54, 1.807) is 37.3 Å². The average Bonchev–Trinajstić information content (AvgIpc) is 2.58. The molecule has 1 unspecified atom stereocenters. The lowest BCUT2D eigenvalue weighted by molar-refractivity contribution is -0.143. The Labute approximate surface area is 143 Å². The van der Waals surface area contributed by atoms with Gasteiger partial charge in [-0.3, -0.25) is 9.59 Å². The van der Waals surface area contributed by atoms with Gasteiger partial charge in [0.05, 0.1) is 19.1 Å². The lowest BCUT2D eigenvalue weighted by Gasteiger charge is -2.25. The van der Waals surface area contributed by atoms with Crippen LogP contribution in [0.25, 0.3) is 0 Å². The van der Waals surface area contributed by atoms with Gasteiger partial charge in [0, 0.05) is 23.2 Å². The summed E-state index contributed by atoms with van der Waals surface area (Å²) in [6.45, 7) is 1.45. The number of benzene rings is 1. The van der Waals surface area contributed by atoms with E-state index in [0.29, 0.717) is 22.6 Å². The highest BCUT2D eigenvalue weighted by Gasteiger charge is 2.33. The number of rotatable bonds is 4. The first-order valence-corrected chi connectivity index (χ1v) is 7.72. The first-order valence-electron chi connectivity index (χ1n) is 7.72. The number of aromatic nitrogens is 1. The maximum absolute atomic E-state index is 12.4. The topological polar surface area (TPSA) is 94.7 Å². The van der Waals surface area contributed by atoms with Crippen molar-refractivity contribution in [2.45, 2.75) is 19.3 Å². The minimum Gasteiger partial charge on any atom is -0.482 e. The first-order chi connectivity index (χ1) is 12.0. The normalized spacial score (nSPS) is 15.9. The summed E-state index contributed by atoms with van der Waals surface area (Å²) in [6, 6.07) is 8.60. The zero-order valence-electron chi connectivity index (χ0n) is 13.8. The van der Waals surface area contributed by atoms with E-state index in [0.717, 1.165) is 0 Å². The second-order valence-corrected chi connectivity index (χ2v) is 5.69. The number of pyridine rings is 1. The number of para-hydroxylation sites is 1. The van der Waals surface area contributed by atoms with Crippen molar-refractivity contribution in [1.82, 2.24) is 4.98 Å². The van der Waals surface area contributed by atoms with Gasteiger partial charge < -0.3 is 19.2 Å². The third-order valence-corrected chi connectivity index (χ3v) is 3.98. The molecule has 0 amide bonds. The highest BCUT2D eigenvalue weighted by Crippen LogP contribution is 2.40. The zero-order chi connectivity index (χ0) is 18.0. The summed E-state index contributed by atoms with van der Waals surface area (Å²) >= 11 is 0. The molecule has 0 radical (unpaired) electrons. The van der Waals surface area contributed by atoms with Crippen molar-refractivity contribution in [1.29, 1.82) is 0 Å². The monoisotopic (exact) mass is 343 g/mol. The van der Waals surface area contributed by atoms with Crippen LogP contribution in [0.15, 0.2) is 35.1 Å². The Morgan fingerprint density at radius 2 is 2.08 bits per heavy atom. The van der Waals surface area contributed by atoms with E-state index >= 15 is 0 Å². The maximum Gasteiger partial charge on any atom is 0.343 e. The van der Waals surface area contributed by atoms with Gasteiger partial charge in [-0.15, -0.1) is 0 Å². The number of carbonyl (C=O) groups excluding carboxylic acids is 2. The molecule has 1 aliphatic rings. The molecule has 130 valence electrons. The largest absolute Gasteiger partial charge is 0.482 e. The summed E-state index contributed by atoms with van der Waals surface area (Å²) < 4.78 is 15.3. The van der Waals surface area contributed by atoms with Gasteiger partial charge in [0.15, 0.2) is 6.61 Å². The Balaban J connectivity index is 2.05. The Morgan fingerprint density at radius 1 is 1.32 bits per heavy atom. The number of aryl methyl sites for hydroxylation is 1. The van der Waals surface area contributed by atoms with Crippen molar-refractivity contribution in [3.63, 3.8) is 0 Å². The Morgan fingerprint density at radius 3 is 2.84 bits per heavy atom. The molecule has 1 aromatic carbocycles. The standard InChI is InChI=1S/C18H17NO6/c1-10-7-14-17(18(22)19-10)12(8-15(20)25-14)11-5-3-4-6-13(11)24-9-16(21)23-2/h3-7,12H,8-9H2,1-2H3,(H,19,22). The van der Waals surface area contributed by atoms with Gasteiger partial charge >= 0.3 is 11.9 Å². The molecule has 0 saturated carbocycles. The molecule has 7 nitrogen and oxygen atoms in total. The van der Waals surface area contributed by atoms with Crippen molar-refractivity contribution in [3.05, 3.63) is 57.5 Å². The van der Waals surface area contributed by atoms with Crippen LogP contribution in [0.4, 0.5) is 0 Å². The molecule has 0 aliphatic carbocycles. The molecule has 1 atom stereocenters. The van der Waals surface area contributed by atoms with E-state index in [4.69, 9.17) is 9.47 Å². The molecule has 3 rings (SSSR count). The molecule has 7 heteroatoms. The molecule has 2 heterocycles. The fraction of sp³-hybridized carbons (Fsp3) is 0.278. The molecular weight excluding hydrogens is 326 g/mol. The minimum atomic E-state index is -0.522. The van der Waals surface area contributed by atoms with Gasteiger partial charge in [-0.05, 0) is 13.0 Å². The number of ether oxygens (including phenoxy) is 3. The van der Waals surface area contributed by atoms with Crippen LogP contribution in [0.3, 0.4) is 0 Å². The molecule has 1 aliphatic heterocycles. The van der Waals surface area contributed by atoms with Crippen LogP contribution < -0.4 is 15.0 Å². The highest BCUT2D eigenvalue weighted by atomic mass is 16.6. The van der Waals surface area contributed by atoms with Crippen LogP contribution in [0.2, 0.25) is 0 Å². The van der Waals surface area contributed by atoms with Gasteiger partial charge in [0.2, 0.25) is 0 Å². The molecule has 2 aromatic rings. The number of fused-ring (bicyclic) bond motifs is 1. The molecule has 0 fully saturated rings. The van der Waals surface area contributed by atoms with Gasteiger partial charge in [0.1, 0.15) is 11.5 Å². The van der Waals surface area contributed by atoms with Crippen molar-refractivity contribution in [2.24, 2.45) is 0 Å². The smallest absolute Gasteiger partial charge is 0.343 e. The predicted octanol–water partition coefficient (Wildman–Crippen LogP) is 1.68. The highest BCUT2D eigenvalue weighted by molar-refractivity contribution is 5.78. The quantitative estimate of drug-likeness (QED) is 0.849. The Hall–Kier alpha value is -3.09. The summed E-state index contributed by atoms with van der Waals surface area (Å²) in [6.07, 6.45) is 0.0116. The molecule has 0 spiro atoms. The number of esters is 2. The Bertz CT molecular complexity index is 885. The summed E-state index contributed by atoms with van der Waals surface area (Å²) in [5.74, 6) is -0.796. The van der Waals surface area contributed by atoms with Gasteiger partial charge in [0.25, 0.3) is 5.56 Å². The van der Waals surface area contributed by atoms with Crippen LogP contribution >= 0.6 is 0 Å². The number of aromatic amines is 1. The lowest BCUT2D eigenvalue weighted by atomic mass is 9.86. The van der Waals surface area contributed by atoms with E-state index in [1.165, 1.54) is 7.11 Å². The van der Waals surface area contributed by atoms with Gasteiger partial charge in [-0.25, -0.2) is 4.79 Å². The van der Waals surface area contributed by atoms with Crippen LogP contribution in [0.5, 0.6) is 11.5 Å². The fourth-order valence-electron chi connectivity index (χ4n) is 2.88. The molecule has 25 heavy (non-hydrogen) atoms. The number of carbonyl (C=O) groups is 2. The molecule has 1 N–H and O–H groups in total. The third-order valence-electron chi connectivity index (χ3n) is 3.98. The van der Waals surface area contributed by atoms with Crippen LogP contribution in [0.1, 0.15) is 29.2 Å². The summed E-state index contributed by atoms with van der Waals surface area (Å²) in [7, 11) is 1.27. The fourth-order valence-corrected chi connectivity index (χ4v) is 2.88. The lowest BCUT2D eigenvalue weighted by Crippen LogP contribution is -2.28. The second kappa shape index (κ2) is 6.80. The number of H-pyrrole nitrogens is 1. The maximum atomic E-state index is 12.4. The zero-order valence-corrected chi connectivity index (χ0v) is 13.8. The van der Waals surface area contributed by atoms with Gasteiger partial charge in [-0.2, -0.15) is 0 Å². The first kappa shape index (κ1) is 16.8. The molecule has 0 saturated heterocycles. The van der Waals surface area contributed by atoms with Crippen molar-refractivity contribution < 1.29 is 23.8 Å². The van der Waals surface area contributed by atoms with E-state index in [1.807, 2.05) is 0 Å². The molecule has 1 aromatic heterocycles. The van der Waals surface area contributed by atoms with Crippen molar-refractivity contribution in [3.8, 4) is 11.5 Å². The summed E-state index contributed by atoms with van der Waals surface area (Å²) in [5, 5.41) is 0. The second-order valence-electron chi connectivity index (χ2n) is 5.69. The number of hydrogen-bond acceptors (Lipinski definition) is 6. The minimum absolute atomic E-state index is 0.0116. The number of methoxy groups -OCH3 is 1. The van der Waals surface area contributed by atoms with Gasteiger partial charge in [-0.1, -0.05) is 18.2 Å². The van der Waals surface area contributed by atoms with Crippen molar-refractivity contribution >= 4 is 11.9 Å². The third kappa shape index (κ3) is 3.40. The van der Waals surface area contributed by atoms with E-state index < -0.39 is 17.9 Å². The summed E-state index contributed by atoms with van der Waals surface area (Å²) in [5.41, 5.74) is 1.31.